The number of thiol groups is 1. The highest BCUT2D eigenvalue weighted by Gasteiger charge is 2.53. The SMILES string of the molecule is C=C(C)[C@@H]1CC[C@@]2(C)[C@H](C1)S[PH](=S)[SH]2c1c(F)c(F)c(F)c(F)c1F. The lowest BCUT2D eigenvalue weighted by Gasteiger charge is -2.44. The van der Waals surface area contributed by atoms with Crippen molar-refractivity contribution < 1.29 is 22.0 Å². The number of halogens is 5. The zero-order valence-corrected chi connectivity index (χ0v) is 17.2. The first-order valence-electron chi connectivity index (χ1n) is 7.77. The highest BCUT2D eigenvalue weighted by Crippen LogP contribution is 2.83. The van der Waals surface area contributed by atoms with Crippen LogP contribution in [0.15, 0.2) is 17.0 Å². The van der Waals surface area contributed by atoms with Crippen LogP contribution < -0.4 is 0 Å². The summed E-state index contributed by atoms with van der Waals surface area (Å²) in [6.45, 7) is 7.86. The third-order valence-corrected chi connectivity index (χ3v) is 19.2. The predicted octanol–water partition coefficient (Wildman–Crippen LogP) is 6.50. The lowest BCUT2D eigenvalue weighted by Crippen LogP contribution is -2.39. The molecular formula is C16H18F5PS3. The van der Waals surface area contributed by atoms with Crippen molar-refractivity contribution in [2.75, 3.05) is 0 Å². The van der Waals surface area contributed by atoms with E-state index in [2.05, 4.69) is 6.58 Å². The summed E-state index contributed by atoms with van der Waals surface area (Å²) in [6.07, 6.45) is 2.27. The summed E-state index contributed by atoms with van der Waals surface area (Å²) in [5.74, 6) is -8.91. The molecule has 1 aromatic rings. The van der Waals surface area contributed by atoms with Gasteiger partial charge in [-0.05, 0) is 32.1 Å². The van der Waals surface area contributed by atoms with Crippen molar-refractivity contribution in [3.8, 4) is 0 Å². The molecule has 1 aliphatic heterocycles. The van der Waals surface area contributed by atoms with Crippen molar-refractivity contribution in [3.05, 3.63) is 41.2 Å². The average Bonchev–Trinajstić information content (AvgIpc) is 2.81. The molecule has 2 fully saturated rings. The van der Waals surface area contributed by atoms with E-state index >= 15 is 0 Å². The number of allylic oxidation sites excluding steroid dienone is 1. The van der Waals surface area contributed by atoms with Crippen LogP contribution in [-0.2, 0) is 11.8 Å². The standard InChI is InChI=1S/C16H18F5PS3/c1-7(2)8-4-5-16(3)9(6-8)24-22(23)25(16)15-13(20)11(18)10(17)12(19)14(15)21/h8-9,22,25H,1,4-6H2,2-3H3/t8-,9+,16+/m1/s1. The van der Waals surface area contributed by atoms with Crippen LogP contribution in [0.3, 0.4) is 0 Å². The molecule has 0 radical (unpaired) electrons. The second kappa shape index (κ2) is 6.84. The number of benzene rings is 1. The van der Waals surface area contributed by atoms with Crippen LogP contribution >= 0.6 is 27.0 Å². The Labute approximate surface area is 155 Å². The smallest absolute Gasteiger partial charge is 0.200 e. The lowest BCUT2D eigenvalue weighted by molar-refractivity contribution is 0.350. The Morgan fingerprint density at radius 1 is 1.16 bits per heavy atom. The van der Waals surface area contributed by atoms with E-state index in [1.807, 2.05) is 13.8 Å². The fourth-order valence-electron chi connectivity index (χ4n) is 3.66. The third kappa shape index (κ3) is 3.01. The Kier molecular flexibility index (Phi) is 5.40. The summed E-state index contributed by atoms with van der Waals surface area (Å²) in [5.41, 5.74) is 1.06. The van der Waals surface area contributed by atoms with Gasteiger partial charge in [0.15, 0.2) is 23.3 Å². The number of fused-ring (bicyclic) bond motifs is 1. The van der Waals surface area contributed by atoms with E-state index in [1.165, 1.54) is 11.4 Å². The fourth-order valence-corrected chi connectivity index (χ4v) is 22.0. The van der Waals surface area contributed by atoms with Crippen LogP contribution in [0.4, 0.5) is 22.0 Å². The minimum absolute atomic E-state index is 0.0791. The van der Waals surface area contributed by atoms with Gasteiger partial charge in [0.25, 0.3) is 0 Å². The summed E-state index contributed by atoms with van der Waals surface area (Å²) in [7, 11) is -1.61. The zero-order valence-electron chi connectivity index (χ0n) is 13.6. The molecule has 0 spiro atoms. The second-order valence-corrected chi connectivity index (χ2v) is 18.7. The molecule has 0 bridgehead atoms. The number of rotatable bonds is 2. The van der Waals surface area contributed by atoms with Crippen LogP contribution in [0.25, 0.3) is 0 Å². The van der Waals surface area contributed by atoms with Crippen LogP contribution in [0.1, 0.15) is 33.1 Å². The van der Waals surface area contributed by atoms with Crippen molar-refractivity contribution in [3.63, 3.8) is 0 Å². The summed E-state index contributed by atoms with van der Waals surface area (Å²) in [6, 6.07) is 0. The van der Waals surface area contributed by atoms with Crippen molar-refractivity contribution >= 4 is 38.8 Å². The maximum Gasteiger partial charge on any atom is 0.200 e. The molecule has 9 heteroatoms. The van der Waals surface area contributed by atoms with Gasteiger partial charge in [0.2, 0.25) is 5.82 Å². The molecule has 0 amide bonds. The maximum absolute atomic E-state index is 14.4. The van der Waals surface area contributed by atoms with E-state index in [0.717, 1.165) is 18.4 Å². The van der Waals surface area contributed by atoms with Gasteiger partial charge in [-0.25, -0.2) is 22.0 Å². The van der Waals surface area contributed by atoms with Gasteiger partial charge in [0.1, 0.15) is 0 Å². The third-order valence-electron chi connectivity index (χ3n) is 5.23. The molecule has 1 saturated carbocycles. The second-order valence-electron chi connectivity index (χ2n) is 6.80. The Hall–Kier alpha value is -0.0400. The first-order chi connectivity index (χ1) is 11.6. The molecular weight excluding hydrogens is 414 g/mol. The van der Waals surface area contributed by atoms with Gasteiger partial charge in [0, 0.05) is 15.1 Å². The van der Waals surface area contributed by atoms with Crippen molar-refractivity contribution in [2.24, 2.45) is 5.92 Å². The first-order valence-corrected chi connectivity index (χ1v) is 14.2. The minimum atomic E-state index is -2.11. The largest absolute Gasteiger partial charge is 0.202 e. The topological polar surface area (TPSA) is 0 Å². The molecule has 1 aliphatic carbocycles. The predicted molar refractivity (Wildman–Crippen MR) is 101 cm³/mol. The summed E-state index contributed by atoms with van der Waals surface area (Å²) in [4.78, 5) is -0.637. The van der Waals surface area contributed by atoms with E-state index < -0.39 is 54.3 Å². The van der Waals surface area contributed by atoms with Gasteiger partial charge in [-0.3, -0.25) is 0 Å². The van der Waals surface area contributed by atoms with Crippen molar-refractivity contribution in [1.29, 1.82) is 0 Å². The average molecular weight is 432 g/mol. The molecule has 140 valence electrons. The van der Waals surface area contributed by atoms with Gasteiger partial charge in [-0.1, -0.05) is 30.9 Å². The Balaban J connectivity index is 2.11. The summed E-state index contributed by atoms with van der Waals surface area (Å²) < 4.78 is 69.1. The summed E-state index contributed by atoms with van der Waals surface area (Å²) >= 11 is 7.07. The van der Waals surface area contributed by atoms with Gasteiger partial charge in [-0.15, -0.1) is 11.4 Å². The van der Waals surface area contributed by atoms with E-state index in [4.69, 9.17) is 11.8 Å². The van der Waals surface area contributed by atoms with E-state index in [9.17, 15) is 22.0 Å². The highest BCUT2D eigenvalue weighted by atomic mass is 33.2. The van der Waals surface area contributed by atoms with E-state index in [0.29, 0.717) is 12.3 Å². The number of hydrogen-bond acceptors (Lipinski definition) is 2. The molecule has 5 atom stereocenters. The number of hydrogen-bond donors (Lipinski definition) is 1. The minimum Gasteiger partial charge on any atom is -0.202 e. The maximum atomic E-state index is 14.4. The zero-order chi connectivity index (χ0) is 18.7. The van der Waals surface area contributed by atoms with Gasteiger partial charge < -0.3 is 0 Å². The van der Waals surface area contributed by atoms with Gasteiger partial charge in [0.05, 0.1) is 4.90 Å². The Morgan fingerprint density at radius 2 is 1.68 bits per heavy atom. The molecule has 1 saturated heterocycles. The molecule has 0 N–H and O–H groups in total. The monoisotopic (exact) mass is 432 g/mol. The highest BCUT2D eigenvalue weighted by molar-refractivity contribution is 9.01. The molecule has 3 rings (SSSR count). The Bertz CT molecular complexity index is 755. The molecule has 1 aromatic carbocycles. The molecule has 25 heavy (non-hydrogen) atoms. The van der Waals surface area contributed by atoms with E-state index in [-0.39, 0.29) is 5.25 Å². The van der Waals surface area contributed by atoms with Crippen LogP contribution in [0.2, 0.25) is 0 Å². The Morgan fingerprint density at radius 3 is 2.20 bits per heavy atom. The van der Waals surface area contributed by atoms with Crippen LogP contribution in [0, 0.1) is 35.0 Å². The molecule has 2 unspecified atom stereocenters. The summed E-state index contributed by atoms with van der Waals surface area (Å²) in [5, 5.41) is -1.65. The van der Waals surface area contributed by atoms with Crippen LogP contribution in [-0.4, -0.2) is 10.00 Å². The van der Waals surface area contributed by atoms with Gasteiger partial charge in [-0.2, -0.15) is 10.5 Å². The van der Waals surface area contributed by atoms with Crippen molar-refractivity contribution in [2.45, 2.75) is 48.0 Å². The lowest BCUT2D eigenvalue weighted by atomic mass is 9.79. The molecule has 0 nitrogen and oxygen atoms in total. The fraction of sp³-hybridized carbons (Fsp3) is 0.500. The normalized spacial score (nSPS) is 36.3. The quantitative estimate of drug-likeness (QED) is 0.142. The molecule has 0 aromatic heterocycles. The first kappa shape index (κ1) is 19.7. The van der Waals surface area contributed by atoms with E-state index in [1.54, 1.807) is 0 Å². The van der Waals surface area contributed by atoms with Gasteiger partial charge >= 0.3 is 0 Å². The molecule has 1 heterocycles. The van der Waals surface area contributed by atoms with Crippen LogP contribution in [0.5, 0.6) is 0 Å². The molecule has 2 aliphatic rings. The van der Waals surface area contributed by atoms with Crippen molar-refractivity contribution in [1.82, 2.24) is 0 Å².